The molecule has 1 aliphatic carbocycles. The minimum Gasteiger partial charge on any atom is -0.335 e. The van der Waals surface area contributed by atoms with E-state index in [1.165, 1.54) is 40.6 Å². The lowest BCUT2D eigenvalue weighted by Crippen LogP contribution is -2.40. The van der Waals surface area contributed by atoms with Gasteiger partial charge in [-0.2, -0.15) is 0 Å². The molecular weight excluding hydrogens is 412 g/mol. The summed E-state index contributed by atoms with van der Waals surface area (Å²) in [5.41, 5.74) is 2.58. The molecule has 0 saturated heterocycles. The first-order valence-electron chi connectivity index (χ1n) is 10.7. The second-order valence-electron chi connectivity index (χ2n) is 8.04. The fraction of sp³-hybridized carbons (Fsp3) is 0.435. The van der Waals surface area contributed by atoms with Crippen LogP contribution in [0.15, 0.2) is 46.9 Å². The van der Waals surface area contributed by atoms with Crippen LogP contribution in [0.25, 0.3) is 0 Å². The Kier molecular flexibility index (Phi) is 5.65. The number of thiophene rings is 1. The number of benzene rings is 1. The number of rotatable bonds is 7. The molecule has 1 unspecified atom stereocenters. The Hall–Kier alpha value is -2.12. The van der Waals surface area contributed by atoms with E-state index in [4.69, 9.17) is 0 Å². The number of aromatic nitrogens is 3. The van der Waals surface area contributed by atoms with Gasteiger partial charge in [0.2, 0.25) is 5.91 Å². The van der Waals surface area contributed by atoms with Crippen LogP contribution >= 0.6 is 23.1 Å². The third-order valence-electron chi connectivity index (χ3n) is 6.00. The molecule has 1 atom stereocenters. The number of nitrogens with zero attached hydrogens (tertiary/aromatic N) is 4. The average Bonchev–Trinajstić information content (AvgIpc) is 3.37. The van der Waals surface area contributed by atoms with Crippen molar-refractivity contribution >= 4 is 29.0 Å². The van der Waals surface area contributed by atoms with Gasteiger partial charge in [0, 0.05) is 17.3 Å². The minimum atomic E-state index is 0.200. The van der Waals surface area contributed by atoms with Gasteiger partial charge in [-0.05, 0) is 48.3 Å². The highest BCUT2D eigenvalue weighted by atomic mass is 32.2. The second kappa shape index (κ2) is 8.55. The predicted octanol–water partition coefficient (Wildman–Crippen LogP) is 4.89. The average molecular weight is 439 g/mol. The van der Waals surface area contributed by atoms with Crippen molar-refractivity contribution in [1.29, 1.82) is 0 Å². The molecule has 1 aliphatic heterocycles. The highest BCUT2D eigenvalue weighted by molar-refractivity contribution is 7.99. The summed E-state index contributed by atoms with van der Waals surface area (Å²) in [6.45, 7) is 3.74. The van der Waals surface area contributed by atoms with Gasteiger partial charge in [0.25, 0.3) is 0 Å². The van der Waals surface area contributed by atoms with Crippen LogP contribution in [0.2, 0.25) is 0 Å². The third kappa shape index (κ3) is 3.93. The Morgan fingerprint density at radius 2 is 2.03 bits per heavy atom. The van der Waals surface area contributed by atoms with Crippen LogP contribution in [-0.4, -0.2) is 37.9 Å². The quantitative estimate of drug-likeness (QED) is 0.493. The molecule has 7 heteroatoms. The van der Waals surface area contributed by atoms with Crippen molar-refractivity contribution in [2.75, 3.05) is 12.3 Å². The molecule has 1 aromatic carbocycles. The standard InChI is InChI=1S/C23H26N4OS2/c1-2-19-18-11-13-29-20(18)10-12-26(19)21(28)15-30-23-25-24-22(17-8-9-17)27(23)14-16-6-4-3-5-7-16/h3-7,11,13,17,19H,2,8-10,12,14-15H2,1H3. The molecule has 1 saturated carbocycles. The maximum atomic E-state index is 13.1. The van der Waals surface area contributed by atoms with Crippen LogP contribution in [0.4, 0.5) is 0 Å². The zero-order valence-corrected chi connectivity index (χ0v) is 18.8. The summed E-state index contributed by atoms with van der Waals surface area (Å²) in [7, 11) is 0. The van der Waals surface area contributed by atoms with Crippen LogP contribution < -0.4 is 0 Å². The molecule has 30 heavy (non-hydrogen) atoms. The van der Waals surface area contributed by atoms with Gasteiger partial charge in [-0.1, -0.05) is 49.0 Å². The van der Waals surface area contributed by atoms with Crippen LogP contribution in [0.5, 0.6) is 0 Å². The molecule has 0 N–H and O–H groups in total. The number of hydrogen-bond donors (Lipinski definition) is 0. The van der Waals surface area contributed by atoms with Crippen LogP contribution in [0.3, 0.4) is 0 Å². The Balaban J connectivity index is 1.31. The molecule has 5 nitrogen and oxygen atoms in total. The molecular formula is C23H26N4OS2. The summed E-state index contributed by atoms with van der Waals surface area (Å²) < 4.78 is 2.22. The number of carbonyl (C=O) groups is 1. The highest BCUT2D eigenvalue weighted by Crippen LogP contribution is 2.40. The molecule has 0 spiro atoms. The van der Waals surface area contributed by atoms with Crippen LogP contribution in [0, 0.1) is 0 Å². The summed E-state index contributed by atoms with van der Waals surface area (Å²) >= 11 is 3.35. The third-order valence-corrected chi connectivity index (χ3v) is 7.95. The van der Waals surface area contributed by atoms with Gasteiger partial charge in [0.15, 0.2) is 5.16 Å². The maximum Gasteiger partial charge on any atom is 0.233 e. The van der Waals surface area contributed by atoms with Crippen molar-refractivity contribution in [1.82, 2.24) is 19.7 Å². The van der Waals surface area contributed by atoms with Crippen molar-refractivity contribution in [3.8, 4) is 0 Å². The van der Waals surface area contributed by atoms with E-state index in [2.05, 4.69) is 62.3 Å². The second-order valence-corrected chi connectivity index (χ2v) is 9.98. The van der Waals surface area contributed by atoms with Crippen molar-refractivity contribution in [3.05, 3.63) is 63.6 Å². The Bertz CT molecular complexity index is 1030. The van der Waals surface area contributed by atoms with E-state index in [-0.39, 0.29) is 11.9 Å². The van der Waals surface area contributed by atoms with Gasteiger partial charge in [-0.25, -0.2) is 0 Å². The Morgan fingerprint density at radius 3 is 2.80 bits per heavy atom. The predicted molar refractivity (Wildman–Crippen MR) is 121 cm³/mol. The molecule has 156 valence electrons. The Labute approximate surface area is 185 Å². The monoisotopic (exact) mass is 438 g/mol. The fourth-order valence-corrected chi connectivity index (χ4v) is 6.07. The van der Waals surface area contributed by atoms with E-state index in [1.54, 1.807) is 0 Å². The molecule has 1 amide bonds. The van der Waals surface area contributed by atoms with E-state index >= 15 is 0 Å². The van der Waals surface area contributed by atoms with Gasteiger partial charge >= 0.3 is 0 Å². The molecule has 1 fully saturated rings. The molecule has 3 heterocycles. The van der Waals surface area contributed by atoms with Crippen molar-refractivity contribution in [2.45, 2.75) is 56.3 Å². The number of amides is 1. The van der Waals surface area contributed by atoms with Gasteiger partial charge < -0.3 is 9.47 Å². The van der Waals surface area contributed by atoms with E-state index in [0.29, 0.717) is 11.7 Å². The molecule has 5 rings (SSSR count). The lowest BCUT2D eigenvalue weighted by Gasteiger charge is -2.35. The number of carbonyl (C=O) groups excluding carboxylic acids is 1. The van der Waals surface area contributed by atoms with Gasteiger partial charge in [-0.3, -0.25) is 4.79 Å². The van der Waals surface area contributed by atoms with Crippen LogP contribution in [-0.2, 0) is 17.8 Å². The maximum absolute atomic E-state index is 13.1. The van der Waals surface area contributed by atoms with Crippen molar-refractivity contribution in [2.24, 2.45) is 0 Å². The number of thioether (sulfide) groups is 1. The molecule has 3 aromatic rings. The van der Waals surface area contributed by atoms with Gasteiger partial charge in [-0.15, -0.1) is 21.5 Å². The summed E-state index contributed by atoms with van der Waals surface area (Å²) in [5.74, 6) is 2.20. The summed E-state index contributed by atoms with van der Waals surface area (Å²) in [6.07, 6.45) is 4.29. The van der Waals surface area contributed by atoms with Gasteiger partial charge in [0.05, 0.1) is 18.3 Å². The zero-order valence-electron chi connectivity index (χ0n) is 17.2. The van der Waals surface area contributed by atoms with E-state index in [9.17, 15) is 4.79 Å². The summed E-state index contributed by atoms with van der Waals surface area (Å²) in [5, 5.41) is 12.0. The van der Waals surface area contributed by atoms with Gasteiger partial charge in [0.1, 0.15) is 5.82 Å². The SMILES string of the molecule is CCC1c2ccsc2CCN1C(=O)CSc1nnc(C2CC2)n1Cc1ccccc1. The lowest BCUT2D eigenvalue weighted by atomic mass is 9.98. The van der Waals surface area contributed by atoms with Crippen molar-refractivity contribution < 1.29 is 4.79 Å². The topological polar surface area (TPSA) is 51.0 Å². The summed E-state index contributed by atoms with van der Waals surface area (Å²) in [4.78, 5) is 16.7. The highest BCUT2D eigenvalue weighted by Gasteiger charge is 2.32. The fourth-order valence-electron chi connectivity index (χ4n) is 4.31. The number of fused-ring (bicyclic) bond motifs is 1. The first-order chi connectivity index (χ1) is 14.7. The van der Waals surface area contributed by atoms with Crippen molar-refractivity contribution in [3.63, 3.8) is 0 Å². The first kappa shape index (κ1) is 19.8. The summed E-state index contributed by atoms with van der Waals surface area (Å²) in [6, 6.07) is 12.8. The van der Waals surface area contributed by atoms with E-state index in [1.807, 2.05) is 17.4 Å². The normalized spacial score (nSPS) is 18.4. The lowest BCUT2D eigenvalue weighted by molar-refractivity contribution is -0.131. The van der Waals surface area contributed by atoms with E-state index in [0.717, 1.165) is 36.9 Å². The Morgan fingerprint density at radius 1 is 1.20 bits per heavy atom. The largest absolute Gasteiger partial charge is 0.335 e. The van der Waals surface area contributed by atoms with Crippen LogP contribution in [0.1, 0.15) is 60.0 Å². The smallest absolute Gasteiger partial charge is 0.233 e. The first-order valence-corrected chi connectivity index (χ1v) is 12.6. The minimum absolute atomic E-state index is 0.200. The number of hydrogen-bond acceptors (Lipinski definition) is 5. The molecule has 2 aromatic heterocycles. The van der Waals surface area contributed by atoms with E-state index < -0.39 is 0 Å². The molecule has 2 aliphatic rings. The zero-order chi connectivity index (χ0) is 20.5. The molecule has 0 radical (unpaired) electrons. The molecule has 0 bridgehead atoms.